The van der Waals surface area contributed by atoms with Crippen molar-refractivity contribution in [3.63, 3.8) is 0 Å². The highest BCUT2D eigenvalue weighted by atomic mass is 32.2. The van der Waals surface area contributed by atoms with Crippen LogP contribution in [0, 0.1) is 0 Å². The Morgan fingerprint density at radius 3 is 1.94 bits per heavy atom. The predicted octanol–water partition coefficient (Wildman–Crippen LogP) is 2.38. The summed E-state index contributed by atoms with van der Waals surface area (Å²) in [6.45, 7) is 0.288. The van der Waals surface area contributed by atoms with Crippen LogP contribution in [0.15, 0.2) is 89.8 Å². The van der Waals surface area contributed by atoms with E-state index in [1.165, 1.54) is 24.3 Å². The second kappa shape index (κ2) is 10.7. The Morgan fingerprint density at radius 1 is 0.812 bits per heavy atom. The SMILES string of the molecule is NC(=O)c1ccc(S(=O)(=O)NC(CCc2ccccc2)C(=O)NCc2ccccc2)cc1. The van der Waals surface area contributed by atoms with Crippen molar-refractivity contribution >= 4 is 21.8 Å². The predicted molar refractivity (Wildman–Crippen MR) is 122 cm³/mol. The molecule has 0 aliphatic rings. The number of hydrogen-bond acceptors (Lipinski definition) is 4. The molecule has 0 saturated carbocycles. The second-order valence-corrected chi connectivity index (χ2v) is 9.00. The molecule has 0 saturated heterocycles. The Labute approximate surface area is 187 Å². The number of primary amides is 1. The number of aryl methyl sites for hydroxylation is 1. The fraction of sp³-hybridized carbons (Fsp3) is 0.167. The van der Waals surface area contributed by atoms with Gasteiger partial charge in [0.05, 0.1) is 4.90 Å². The molecule has 1 unspecified atom stereocenters. The summed E-state index contributed by atoms with van der Waals surface area (Å²) in [5.74, 6) is -1.06. The van der Waals surface area contributed by atoms with Crippen LogP contribution in [0.3, 0.4) is 0 Å². The Balaban J connectivity index is 1.75. The van der Waals surface area contributed by atoms with Crippen LogP contribution in [-0.4, -0.2) is 26.3 Å². The van der Waals surface area contributed by atoms with Crippen molar-refractivity contribution in [2.24, 2.45) is 5.73 Å². The number of hydrogen-bond donors (Lipinski definition) is 3. The third-order valence-electron chi connectivity index (χ3n) is 4.94. The Bertz CT molecular complexity index is 1150. The van der Waals surface area contributed by atoms with Crippen LogP contribution in [-0.2, 0) is 27.8 Å². The van der Waals surface area contributed by atoms with Crippen molar-refractivity contribution in [2.45, 2.75) is 30.3 Å². The third-order valence-corrected chi connectivity index (χ3v) is 6.42. The van der Waals surface area contributed by atoms with Gasteiger partial charge in [0.15, 0.2) is 0 Å². The highest BCUT2D eigenvalue weighted by Gasteiger charge is 2.25. The van der Waals surface area contributed by atoms with Gasteiger partial charge in [-0.05, 0) is 48.2 Å². The fourth-order valence-corrected chi connectivity index (χ4v) is 4.39. The molecule has 0 spiro atoms. The molecule has 4 N–H and O–H groups in total. The van der Waals surface area contributed by atoms with Crippen LogP contribution in [0.4, 0.5) is 0 Å². The van der Waals surface area contributed by atoms with Crippen molar-refractivity contribution < 1.29 is 18.0 Å². The summed E-state index contributed by atoms with van der Waals surface area (Å²) in [5.41, 5.74) is 7.32. The van der Waals surface area contributed by atoms with Crippen molar-refractivity contribution in [1.82, 2.24) is 10.0 Å². The number of sulfonamides is 1. The van der Waals surface area contributed by atoms with Gasteiger partial charge in [0.2, 0.25) is 21.8 Å². The molecule has 0 fully saturated rings. The summed E-state index contributed by atoms with van der Waals surface area (Å²) in [6.07, 6.45) is 0.802. The first-order chi connectivity index (χ1) is 15.3. The molecule has 3 rings (SSSR count). The lowest BCUT2D eigenvalue weighted by Gasteiger charge is -2.19. The minimum absolute atomic E-state index is 0.0527. The molecule has 3 aromatic rings. The van der Waals surface area contributed by atoms with Gasteiger partial charge in [0, 0.05) is 12.1 Å². The molecule has 0 bridgehead atoms. The Kier molecular flexibility index (Phi) is 7.75. The number of benzene rings is 3. The summed E-state index contributed by atoms with van der Waals surface area (Å²) in [7, 11) is -4.00. The van der Waals surface area contributed by atoms with E-state index >= 15 is 0 Å². The van der Waals surface area contributed by atoms with Crippen molar-refractivity contribution in [2.75, 3.05) is 0 Å². The highest BCUT2D eigenvalue weighted by molar-refractivity contribution is 7.89. The summed E-state index contributed by atoms with van der Waals surface area (Å²) in [4.78, 5) is 24.1. The summed E-state index contributed by atoms with van der Waals surface area (Å²) < 4.78 is 28.3. The van der Waals surface area contributed by atoms with Gasteiger partial charge < -0.3 is 11.1 Å². The Hall–Kier alpha value is -3.49. The standard InChI is InChI=1S/C24H25N3O4S/c25-23(28)20-12-14-21(15-13-20)32(30,31)27-22(16-11-18-7-3-1-4-8-18)24(29)26-17-19-9-5-2-6-10-19/h1-10,12-15,22,27H,11,16-17H2,(H2,25,28)(H,26,29). The van der Waals surface area contributed by atoms with Gasteiger partial charge in [0.25, 0.3) is 0 Å². The lowest BCUT2D eigenvalue weighted by Crippen LogP contribution is -2.46. The number of nitrogens with one attached hydrogen (secondary N) is 2. The average molecular weight is 452 g/mol. The zero-order valence-corrected chi connectivity index (χ0v) is 18.2. The highest BCUT2D eigenvalue weighted by Crippen LogP contribution is 2.13. The lowest BCUT2D eigenvalue weighted by molar-refractivity contribution is -0.123. The molecule has 2 amide bonds. The molecule has 0 heterocycles. The zero-order chi connectivity index (χ0) is 23.0. The lowest BCUT2D eigenvalue weighted by atomic mass is 10.1. The van der Waals surface area contributed by atoms with Gasteiger partial charge in [-0.1, -0.05) is 60.7 Å². The molecule has 1 atom stereocenters. The fourth-order valence-electron chi connectivity index (χ4n) is 3.16. The third kappa shape index (κ3) is 6.50. The smallest absolute Gasteiger partial charge is 0.248 e. The van der Waals surface area contributed by atoms with Gasteiger partial charge in [-0.3, -0.25) is 9.59 Å². The van der Waals surface area contributed by atoms with E-state index in [0.29, 0.717) is 6.42 Å². The van der Waals surface area contributed by atoms with Crippen molar-refractivity contribution in [3.8, 4) is 0 Å². The first-order valence-electron chi connectivity index (χ1n) is 10.1. The van der Waals surface area contributed by atoms with Crippen LogP contribution < -0.4 is 15.8 Å². The van der Waals surface area contributed by atoms with Crippen LogP contribution in [0.1, 0.15) is 27.9 Å². The van der Waals surface area contributed by atoms with Crippen LogP contribution >= 0.6 is 0 Å². The Morgan fingerprint density at radius 2 is 1.38 bits per heavy atom. The van der Waals surface area contributed by atoms with Gasteiger partial charge in [0.1, 0.15) is 6.04 Å². The second-order valence-electron chi connectivity index (χ2n) is 7.29. The summed E-state index contributed by atoms with van der Waals surface area (Å²) in [6, 6.07) is 23.2. The van der Waals surface area contributed by atoms with E-state index in [9.17, 15) is 18.0 Å². The number of nitrogens with two attached hydrogens (primary N) is 1. The maximum absolute atomic E-state index is 12.9. The van der Waals surface area contributed by atoms with E-state index in [-0.39, 0.29) is 23.4 Å². The van der Waals surface area contributed by atoms with E-state index in [0.717, 1.165) is 11.1 Å². The summed E-state index contributed by atoms with van der Waals surface area (Å²) >= 11 is 0. The monoisotopic (exact) mass is 451 g/mol. The molecule has 0 aromatic heterocycles. The maximum atomic E-state index is 12.9. The first-order valence-corrected chi connectivity index (χ1v) is 11.6. The van der Waals surface area contributed by atoms with E-state index < -0.39 is 27.9 Å². The van der Waals surface area contributed by atoms with Gasteiger partial charge in [-0.2, -0.15) is 4.72 Å². The van der Waals surface area contributed by atoms with Gasteiger partial charge in [-0.25, -0.2) is 8.42 Å². The topological polar surface area (TPSA) is 118 Å². The summed E-state index contributed by atoms with van der Waals surface area (Å²) in [5, 5.41) is 2.81. The van der Waals surface area contributed by atoms with Crippen molar-refractivity contribution in [3.05, 3.63) is 102 Å². The van der Waals surface area contributed by atoms with Crippen LogP contribution in [0.5, 0.6) is 0 Å². The number of rotatable bonds is 10. The van der Waals surface area contributed by atoms with Crippen LogP contribution in [0.2, 0.25) is 0 Å². The molecule has 32 heavy (non-hydrogen) atoms. The first kappa shape index (κ1) is 23.2. The molecule has 0 aliphatic carbocycles. The van der Waals surface area contributed by atoms with Gasteiger partial charge in [-0.15, -0.1) is 0 Å². The number of amides is 2. The minimum Gasteiger partial charge on any atom is -0.366 e. The minimum atomic E-state index is -4.00. The molecule has 0 radical (unpaired) electrons. The van der Waals surface area contributed by atoms with E-state index in [1.807, 2.05) is 60.7 Å². The van der Waals surface area contributed by atoms with Crippen molar-refractivity contribution in [1.29, 1.82) is 0 Å². The molecule has 3 aromatic carbocycles. The molecule has 0 aliphatic heterocycles. The van der Waals surface area contributed by atoms with E-state index in [2.05, 4.69) is 10.0 Å². The normalized spacial score (nSPS) is 12.1. The van der Waals surface area contributed by atoms with E-state index in [1.54, 1.807) is 0 Å². The number of carbonyl (C=O) groups is 2. The largest absolute Gasteiger partial charge is 0.366 e. The molecular formula is C24H25N3O4S. The molecular weight excluding hydrogens is 426 g/mol. The van der Waals surface area contributed by atoms with Crippen LogP contribution in [0.25, 0.3) is 0 Å². The molecule has 7 nitrogen and oxygen atoms in total. The number of carbonyl (C=O) groups excluding carboxylic acids is 2. The quantitative estimate of drug-likeness (QED) is 0.438. The average Bonchev–Trinajstić information content (AvgIpc) is 2.81. The molecule has 8 heteroatoms. The van der Waals surface area contributed by atoms with Gasteiger partial charge >= 0.3 is 0 Å². The molecule has 166 valence electrons. The zero-order valence-electron chi connectivity index (χ0n) is 17.4. The van der Waals surface area contributed by atoms with E-state index in [4.69, 9.17) is 5.73 Å². The maximum Gasteiger partial charge on any atom is 0.248 e.